The molecule has 19 heavy (non-hydrogen) atoms. The molecule has 0 aliphatic heterocycles. The largest absolute Gasteiger partial charge is 0.476 e. The van der Waals surface area contributed by atoms with E-state index >= 15 is 0 Å². The lowest BCUT2D eigenvalue weighted by molar-refractivity contribution is 0.328. The highest BCUT2D eigenvalue weighted by atomic mass is 35.5. The summed E-state index contributed by atoms with van der Waals surface area (Å²) in [6.07, 6.45) is 1.41. The predicted octanol–water partition coefficient (Wildman–Crippen LogP) is 3.16. The van der Waals surface area contributed by atoms with E-state index in [1.165, 1.54) is 6.33 Å². The smallest absolute Gasteiger partial charge is 0.242 e. The molecule has 2 aromatic rings. The van der Waals surface area contributed by atoms with Gasteiger partial charge in [-0.3, -0.25) is 0 Å². The summed E-state index contributed by atoms with van der Waals surface area (Å²) < 4.78 is 5.33. The van der Waals surface area contributed by atoms with Gasteiger partial charge in [-0.15, -0.1) is 0 Å². The van der Waals surface area contributed by atoms with Gasteiger partial charge in [0, 0.05) is 10.7 Å². The van der Waals surface area contributed by atoms with Crippen molar-refractivity contribution in [1.82, 2.24) is 9.97 Å². The molecule has 0 saturated heterocycles. The molecular formula is C13H15ClN4O. The second-order valence-corrected chi connectivity index (χ2v) is 4.39. The molecule has 0 spiro atoms. The van der Waals surface area contributed by atoms with E-state index in [0.29, 0.717) is 29.0 Å². The SMILES string of the molecule is CCOc1ncnc(Nc2ccc(Cl)cc2C)c1N. The first-order valence-electron chi connectivity index (χ1n) is 5.88. The summed E-state index contributed by atoms with van der Waals surface area (Å²) in [5, 5.41) is 3.84. The van der Waals surface area contributed by atoms with Gasteiger partial charge in [-0.1, -0.05) is 11.6 Å². The Bertz CT molecular complexity index is 589. The number of rotatable bonds is 4. The third-order valence-corrected chi connectivity index (χ3v) is 2.81. The van der Waals surface area contributed by atoms with E-state index in [0.717, 1.165) is 11.3 Å². The Morgan fingerprint density at radius 1 is 1.37 bits per heavy atom. The molecule has 1 aromatic carbocycles. The number of anilines is 3. The van der Waals surface area contributed by atoms with Crippen molar-refractivity contribution in [2.45, 2.75) is 13.8 Å². The van der Waals surface area contributed by atoms with Crippen molar-refractivity contribution in [3.05, 3.63) is 35.1 Å². The number of nitrogens with zero attached hydrogens (tertiary/aromatic N) is 2. The zero-order valence-electron chi connectivity index (χ0n) is 10.8. The maximum absolute atomic E-state index is 5.96. The summed E-state index contributed by atoms with van der Waals surface area (Å²) in [5.41, 5.74) is 8.24. The maximum atomic E-state index is 5.96. The van der Waals surface area contributed by atoms with Gasteiger partial charge in [-0.05, 0) is 37.6 Å². The third kappa shape index (κ3) is 3.06. The van der Waals surface area contributed by atoms with Crippen LogP contribution in [-0.4, -0.2) is 16.6 Å². The van der Waals surface area contributed by atoms with Crippen molar-refractivity contribution in [1.29, 1.82) is 0 Å². The van der Waals surface area contributed by atoms with E-state index in [2.05, 4.69) is 15.3 Å². The fourth-order valence-corrected chi connectivity index (χ4v) is 1.85. The highest BCUT2D eigenvalue weighted by molar-refractivity contribution is 6.30. The third-order valence-electron chi connectivity index (χ3n) is 2.57. The molecule has 0 saturated carbocycles. The average molecular weight is 279 g/mol. The second-order valence-electron chi connectivity index (χ2n) is 3.96. The average Bonchev–Trinajstić information content (AvgIpc) is 2.37. The Morgan fingerprint density at radius 2 is 2.16 bits per heavy atom. The van der Waals surface area contributed by atoms with E-state index < -0.39 is 0 Å². The molecule has 0 amide bonds. The normalized spacial score (nSPS) is 10.3. The number of nitrogens with two attached hydrogens (primary N) is 1. The van der Waals surface area contributed by atoms with Gasteiger partial charge in [0.2, 0.25) is 5.88 Å². The molecule has 0 atom stereocenters. The van der Waals surface area contributed by atoms with Gasteiger partial charge in [-0.2, -0.15) is 4.98 Å². The molecule has 0 fully saturated rings. The monoisotopic (exact) mass is 278 g/mol. The summed E-state index contributed by atoms with van der Waals surface area (Å²) in [6.45, 7) is 4.33. The number of aromatic nitrogens is 2. The lowest BCUT2D eigenvalue weighted by Gasteiger charge is -2.12. The first-order valence-corrected chi connectivity index (χ1v) is 6.26. The molecule has 0 bridgehead atoms. The Kier molecular flexibility index (Phi) is 4.06. The first-order chi connectivity index (χ1) is 9.11. The van der Waals surface area contributed by atoms with Crippen LogP contribution in [0.4, 0.5) is 17.2 Å². The molecule has 1 aromatic heterocycles. The Balaban J connectivity index is 2.30. The van der Waals surface area contributed by atoms with Crippen LogP contribution in [0.25, 0.3) is 0 Å². The number of ether oxygens (including phenoxy) is 1. The van der Waals surface area contributed by atoms with Crippen LogP contribution in [0.3, 0.4) is 0 Å². The fraction of sp³-hybridized carbons (Fsp3) is 0.231. The van der Waals surface area contributed by atoms with Gasteiger partial charge in [0.15, 0.2) is 5.82 Å². The molecule has 3 N–H and O–H groups in total. The zero-order valence-corrected chi connectivity index (χ0v) is 11.5. The van der Waals surface area contributed by atoms with Crippen molar-refractivity contribution in [2.75, 3.05) is 17.7 Å². The minimum Gasteiger partial charge on any atom is -0.476 e. The molecule has 0 unspecified atom stereocenters. The molecule has 5 nitrogen and oxygen atoms in total. The van der Waals surface area contributed by atoms with Gasteiger partial charge in [-0.25, -0.2) is 4.98 Å². The number of halogens is 1. The lowest BCUT2D eigenvalue weighted by atomic mass is 10.2. The van der Waals surface area contributed by atoms with Crippen LogP contribution in [0.1, 0.15) is 12.5 Å². The van der Waals surface area contributed by atoms with Crippen LogP contribution in [0, 0.1) is 6.92 Å². The first kappa shape index (κ1) is 13.4. The highest BCUT2D eigenvalue weighted by Crippen LogP contribution is 2.29. The molecule has 0 radical (unpaired) electrons. The van der Waals surface area contributed by atoms with Gasteiger partial charge in [0.25, 0.3) is 0 Å². The van der Waals surface area contributed by atoms with Crippen LogP contribution < -0.4 is 15.8 Å². The van der Waals surface area contributed by atoms with E-state index in [4.69, 9.17) is 22.1 Å². The Hall–Kier alpha value is -2.01. The topological polar surface area (TPSA) is 73.1 Å². The summed E-state index contributed by atoms with van der Waals surface area (Å²) in [7, 11) is 0. The van der Waals surface area contributed by atoms with Crippen LogP contribution >= 0.6 is 11.6 Å². The van der Waals surface area contributed by atoms with E-state index in [1.807, 2.05) is 26.0 Å². The van der Waals surface area contributed by atoms with Crippen LogP contribution in [0.2, 0.25) is 5.02 Å². The Labute approximate surface area is 116 Å². The molecule has 0 aliphatic carbocycles. The standard InChI is InChI=1S/C13H15ClN4O/c1-3-19-13-11(15)12(16-7-17-13)18-10-5-4-9(14)6-8(10)2/h4-7H,3,15H2,1-2H3,(H,16,17,18). The summed E-state index contributed by atoms with van der Waals surface area (Å²) in [6, 6.07) is 5.54. The number of nitrogen functional groups attached to an aromatic ring is 1. The summed E-state index contributed by atoms with van der Waals surface area (Å²) >= 11 is 5.92. The number of aryl methyl sites for hydroxylation is 1. The zero-order chi connectivity index (χ0) is 13.8. The molecule has 0 aliphatic rings. The number of nitrogens with one attached hydrogen (secondary N) is 1. The van der Waals surface area contributed by atoms with Crippen molar-refractivity contribution >= 4 is 28.8 Å². The van der Waals surface area contributed by atoms with E-state index in [-0.39, 0.29) is 0 Å². The van der Waals surface area contributed by atoms with Gasteiger partial charge < -0.3 is 15.8 Å². The van der Waals surface area contributed by atoms with Gasteiger partial charge in [0.05, 0.1) is 6.61 Å². The van der Waals surface area contributed by atoms with Crippen molar-refractivity contribution in [2.24, 2.45) is 0 Å². The molecule has 6 heteroatoms. The van der Waals surface area contributed by atoms with E-state index in [1.54, 1.807) is 6.07 Å². The molecule has 2 rings (SSSR count). The van der Waals surface area contributed by atoms with Crippen LogP contribution in [-0.2, 0) is 0 Å². The van der Waals surface area contributed by atoms with Crippen molar-refractivity contribution in [3.63, 3.8) is 0 Å². The Morgan fingerprint density at radius 3 is 2.84 bits per heavy atom. The molecular weight excluding hydrogens is 264 g/mol. The number of hydrogen-bond donors (Lipinski definition) is 2. The lowest BCUT2D eigenvalue weighted by Crippen LogP contribution is -2.05. The van der Waals surface area contributed by atoms with Gasteiger partial charge >= 0.3 is 0 Å². The minimum absolute atomic E-state index is 0.381. The summed E-state index contributed by atoms with van der Waals surface area (Å²) in [5.74, 6) is 0.899. The number of hydrogen-bond acceptors (Lipinski definition) is 5. The van der Waals surface area contributed by atoms with Gasteiger partial charge in [0.1, 0.15) is 12.0 Å². The molecule has 1 heterocycles. The van der Waals surface area contributed by atoms with Crippen LogP contribution in [0.5, 0.6) is 5.88 Å². The van der Waals surface area contributed by atoms with Crippen LogP contribution in [0.15, 0.2) is 24.5 Å². The number of benzene rings is 1. The fourth-order valence-electron chi connectivity index (χ4n) is 1.63. The van der Waals surface area contributed by atoms with Crippen molar-refractivity contribution < 1.29 is 4.74 Å². The maximum Gasteiger partial charge on any atom is 0.242 e. The highest BCUT2D eigenvalue weighted by Gasteiger charge is 2.10. The quantitative estimate of drug-likeness (QED) is 0.899. The second kappa shape index (κ2) is 5.75. The minimum atomic E-state index is 0.381. The van der Waals surface area contributed by atoms with E-state index in [9.17, 15) is 0 Å². The summed E-state index contributed by atoms with van der Waals surface area (Å²) in [4.78, 5) is 8.11. The molecule has 100 valence electrons. The predicted molar refractivity (Wildman–Crippen MR) is 77.1 cm³/mol. The van der Waals surface area contributed by atoms with Crippen molar-refractivity contribution in [3.8, 4) is 5.88 Å².